The summed E-state index contributed by atoms with van der Waals surface area (Å²) in [5, 5.41) is 8.69. The van der Waals surface area contributed by atoms with Gasteiger partial charge in [-0.15, -0.1) is 0 Å². The zero-order valence-electron chi connectivity index (χ0n) is 9.07. The Hall–Kier alpha value is -1.06. The van der Waals surface area contributed by atoms with Crippen molar-refractivity contribution in [2.75, 3.05) is 7.05 Å². The third kappa shape index (κ3) is 2.05. The first kappa shape index (κ1) is 11.0. The zero-order valence-corrected chi connectivity index (χ0v) is 9.07. The van der Waals surface area contributed by atoms with Crippen LogP contribution in [0.3, 0.4) is 0 Å². The first-order valence-electron chi connectivity index (χ1n) is 4.75. The van der Waals surface area contributed by atoms with Gasteiger partial charge in [0.25, 0.3) is 0 Å². The first-order chi connectivity index (χ1) is 6.25. The third-order valence-electron chi connectivity index (χ3n) is 2.76. The highest BCUT2D eigenvalue weighted by molar-refractivity contribution is 5.89. The molecule has 0 spiro atoms. The number of hydrogen-bond donors (Lipinski definition) is 1. The normalized spacial score (nSPS) is 25.7. The van der Waals surface area contributed by atoms with E-state index in [9.17, 15) is 9.59 Å². The lowest BCUT2D eigenvalue weighted by Crippen LogP contribution is -2.43. The van der Waals surface area contributed by atoms with Crippen LogP contribution in [0.4, 0.5) is 0 Å². The third-order valence-corrected chi connectivity index (χ3v) is 2.76. The summed E-state index contributed by atoms with van der Waals surface area (Å²) in [6, 6.07) is 0. The van der Waals surface area contributed by atoms with Gasteiger partial charge in [-0.2, -0.15) is 0 Å². The van der Waals surface area contributed by atoms with E-state index in [2.05, 4.69) is 0 Å². The van der Waals surface area contributed by atoms with Crippen LogP contribution in [0, 0.1) is 11.8 Å². The fraction of sp³-hybridized carbons (Fsp3) is 0.800. The predicted octanol–water partition coefficient (Wildman–Crippen LogP) is 0.964. The lowest BCUT2D eigenvalue weighted by Gasteiger charge is -2.32. The van der Waals surface area contributed by atoms with Crippen LogP contribution >= 0.6 is 0 Å². The topological polar surface area (TPSA) is 57.6 Å². The highest BCUT2D eigenvalue weighted by atomic mass is 16.4. The van der Waals surface area contributed by atoms with Crippen LogP contribution in [-0.2, 0) is 9.59 Å². The largest absolute Gasteiger partial charge is 0.481 e. The molecule has 4 nitrogen and oxygen atoms in total. The van der Waals surface area contributed by atoms with Gasteiger partial charge < -0.3 is 10.0 Å². The molecule has 80 valence electrons. The maximum atomic E-state index is 11.7. The number of amides is 1. The molecule has 1 fully saturated rings. The number of rotatable bonds is 2. The van der Waals surface area contributed by atoms with Crippen LogP contribution < -0.4 is 0 Å². The van der Waals surface area contributed by atoms with Crippen molar-refractivity contribution in [2.24, 2.45) is 11.8 Å². The Morgan fingerprint density at radius 1 is 1.29 bits per heavy atom. The van der Waals surface area contributed by atoms with E-state index in [1.165, 1.54) is 0 Å². The summed E-state index contributed by atoms with van der Waals surface area (Å²) < 4.78 is 0. The number of aliphatic carboxylic acids is 1. The van der Waals surface area contributed by atoms with Gasteiger partial charge in [-0.25, -0.2) is 0 Å². The lowest BCUT2D eigenvalue weighted by molar-refractivity contribution is -0.143. The van der Waals surface area contributed by atoms with Gasteiger partial charge >= 0.3 is 5.97 Å². The number of hydrogen-bond acceptors (Lipinski definition) is 2. The van der Waals surface area contributed by atoms with Crippen LogP contribution in [0.1, 0.15) is 27.2 Å². The van der Waals surface area contributed by atoms with Gasteiger partial charge in [-0.05, 0) is 27.2 Å². The number of nitrogens with zero attached hydrogens (tertiary/aromatic N) is 1. The van der Waals surface area contributed by atoms with E-state index in [4.69, 9.17) is 5.11 Å². The smallest absolute Gasteiger partial charge is 0.307 e. The Balaban J connectivity index is 2.57. The highest BCUT2D eigenvalue weighted by Crippen LogP contribution is 2.40. The van der Waals surface area contributed by atoms with Crippen LogP contribution in [-0.4, -0.2) is 34.5 Å². The summed E-state index contributed by atoms with van der Waals surface area (Å²) in [7, 11) is 1.72. The number of carboxylic acid groups (broad SMARTS) is 1. The summed E-state index contributed by atoms with van der Waals surface area (Å²) in [6.07, 6.45) is 0.495. The van der Waals surface area contributed by atoms with Crippen molar-refractivity contribution in [3.05, 3.63) is 0 Å². The van der Waals surface area contributed by atoms with Gasteiger partial charge in [-0.3, -0.25) is 9.59 Å². The lowest BCUT2D eigenvalue weighted by atomic mass is 10.1. The molecule has 1 aliphatic carbocycles. The molecule has 0 aliphatic heterocycles. The average molecular weight is 199 g/mol. The van der Waals surface area contributed by atoms with Gasteiger partial charge in [0.05, 0.1) is 11.8 Å². The summed E-state index contributed by atoms with van der Waals surface area (Å²) in [5.41, 5.74) is -0.233. The second-order valence-corrected chi connectivity index (χ2v) is 4.86. The Bertz CT molecular complexity index is 267. The molecular weight excluding hydrogens is 182 g/mol. The molecule has 2 unspecified atom stereocenters. The van der Waals surface area contributed by atoms with E-state index >= 15 is 0 Å². The highest BCUT2D eigenvalue weighted by Gasteiger charge is 2.50. The van der Waals surface area contributed by atoms with Crippen LogP contribution in [0.25, 0.3) is 0 Å². The summed E-state index contributed by atoms with van der Waals surface area (Å²) in [4.78, 5) is 23.9. The molecule has 0 bridgehead atoms. The van der Waals surface area contributed by atoms with Crippen LogP contribution in [0.2, 0.25) is 0 Å². The van der Waals surface area contributed by atoms with Crippen molar-refractivity contribution in [3.63, 3.8) is 0 Å². The monoisotopic (exact) mass is 199 g/mol. The number of carbonyl (C=O) groups excluding carboxylic acids is 1. The minimum atomic E-state index is -0.856. The van der Waals surface area contributed by atoms with Gasteiger partial charge in [0.1, 0.15) is 0 Å². The van der Waals surface area contributed by atoms with Crippen molar-refractivity contribution < 1.29 is 14.7 Å². The minimum Gasteiger partial charge on any atom is -0.481 e. The molecule has 1 N–H and O–H groups in total. The van der Waals surface area contributed by atoms with Crippen molar-refractivity contribution in [1.82, 2.24) is 4.90 Å². The van der Waals surface area contributed by atoms with E-state index in [1.807, 2.05) is 20.8 Å². The summed E-state index contributed by atoms with van der Waals surface area (Å²) in [5.74, 6) is -1.65. The van der Waals surface area contributed by atoms with E-state index in [-0.39, 0.29) is 17.4 Å². The average Bonchev–Trinajstić information content (AvgIpc) is 2.78. The van der Waals surface area contributed by atoms with E-state index in [1.54, 1.807) is 11.9 Å². The first-order valence-corrected chi connectivity index (χ1v) is 4.75. The predicted molar refractivity (Wildman–Crippen MR) is 51.8 cm³/mol. The Kier molecular flexibility index (Phi) is 2.56. The van der Waals surface area contributed by atoms with E-state index in [0.29, 0.717) is 6.42 Å². The van der Waals surface area contributed by atoms with Crippen LogP contribution in [0.15, 0.2) is 0 Å². The van der Waals surface area contributed by atoms with Gasteiger partial charge in [-0.1, -0.05) is 0 Å². The molecule has 0 saturated heterocycles. The molecule has 14 heavy (non-hydrogen) atoms. The van der Waals surface area contributed by atoms with Crippen LogP contribution in [0.5, 0.6) is 0 Å². The second kappa shape index (κ2) is 3.26. The zero-order chi connectivity index (χ0) is 11.1. The standard InChI is InChI=1S/C10H17NO3/c1-10(2,3)11(4)8(12)6-5-7(6)9(13)14/h6-7H,5H2,1-4H3,(H,13,14). The molecule has 2 atom stereocenters. The second-order valence-electron chi connectivity index (χ2n) is 4.86. The molecule has 4 heteroatoms. The van der Waals surface area contributed by atoms with Gasteiger partial charge in [0.15, 0.2) is 0 Å². The van der Waals surface area contributed by atoms with Crippen molar-refractivity contribution in [3.8, 4) is 0 Å². The summed E-state index contributed by atoms with van der Waals surface area (Å²) >= 11 is 0. The number of carboxylic acids is 1. The Morgan fingerprint density at radius 3 is 2.07 bits per heavy atom. The van der Waals surface area contributed by atoms with Crippen molar-refractivity contribution in [1.29, 1.82) is 0 Å². The molecular formula is C10H17NO3. The molecule has 0 aromatic rings. The molecule has 1 saturated carbocycles. The molecule has 0 aromatic heterocycles. The fourth-order valence-corrected chi connectivity index (χ4v) is 1.32. The van der Waals surface area contributed by atoms with E-state index in [0.717, 1.165) is 0 Å². The molecule has 1 aliphatic rings. The maximum Gasteiger partial charge on any atom is 0.307 e. The maximum absolute atomic E-state index is 11.7. The minimum absolute atomic E-state index is 0.0510. The number of carbonyl (C=O) groups is 2. The van der Waals surface area contributed by atoms with Gasteiger partial charge in [0, 0.05) is 12.6 Å². The Morgan fingerprint density at radius 2 is 1.79 bits per heavy atom. The molecule has 0 heterocycles. The van der Waals surface area contributed by atoms with Crippen molar-refractivity contribution in [2.45, 2.75) is 32.7 Å². The summed E-state index contributed by atoms with van der Waals surface area (Å²) in [6.45, 7) is 5.80. The quantitative estimate of drug-likeness (QED) is 0.720. The molecule has 1 amide bonds. The fourth-order valence-electron chi connectivity index (χ4n) is 1.32. The Labute approximate surface area is 83.9 Å². The SMILES string of the molecule is CN(C(=O)C1CC1C(=O)O)C(C)(C)C. The van der Waals surface area contributed by atoms with Gasteiger partial charge in [0.2, 0.25) is 5.91 Å². The molecule has 0 radical (unpaired) electrons. The molecule has 0 aromatic carbocycles. The van der Waals surface area contributed by atoms with E-state index < -0.39 is 11.9 Å². The molecule has 1 rings (SSSR count). The van der Waals surface area contributed by atoms with Crippen molar-refractivity contribution >= 4 is 11.9 Å².